The van der Waals surface area contributed by atoms with Gasteiger partial charge in [0.15, 0.2) is 6.29 Å². The van der Waals surface area contributed by atoms with Gasteiger partial charge in [-0.15, -0.1) is 11.3 Å². The smallest absolute Gasteiger partial charge is 0.328 e. The standard InChI is InChI=1S/C15H16N2O3S/c1-20-15(19)12-4-2-3-7-17(12)14-11-8-10(9-18)21-13(11)5-6-16-14/h5-6,8-9,12H,2-4,7H2,1H3. The van der Waals surface area contributed by atoms with Crippen LogP contribution < -0.4 is 4.90 Å². The highest BCUT2D eigenvalue weighted by Gasteiger charge is 2.31. The van der Waals surface area contributed by atoms with Gasteiger partial charge < -0.3 is 9.64 Å². The van der Waals surface area contributed by atoms with Crippen molar-refractivity contribution in [2.75, 3.05) is 18.6 Å². The topological polar surface area (TPSA) is 59.5 Å². The van der Waals surface area contributed by atoms with E-state index in [9.17, 15) is 9.59 Å². The van der Waals surface area contributed by atoms with Gasteiger partial charge in [0.05, 0.1) is 12.0 Å². The van der Waals surface area contributed by atoms with Gasteiger partial charge in [-0.2, -0.15) is 0 Å². The van der Waals surface area contributed by atoms with Crippen LogP contribution in [0.5, 0.6) is 0 Å². The fourth-order valence-electron chi connectivity index (χ4n) is 2.82. The number of carbonyl (C=O) groups excluding carboxylic acids is 2. The van der Waals surface area contributed by atoms with Crippen molar-refractivity contribution in [3.05, 3.63) is 23.2 Å². The van der Waals surface area contributed by atoms with Gasteiger partial charge >= 0.3 is 5.97 Å². The number of ether oxygens (including phenoxy) is 1. The number of methoxy groups -OCH3 is 1. The number of esters is 1. The van der Waals surface area contributed by atoms with Crippen molar-refractivity contribution in [2.24, 2.45) is 0 Å². The van der Waals surface area contributed by atoms with Crippen molar-refractivity contribution < 1.29 is 14.3 Å². The minimum absolute atomic E-state index is 0.223. The van der Waals surface area contributed by atoms with E-state index in [1.54, 1.807) is 6.20 Å². The summed E-state index contributed by atoms with van der Waals surface area (Å²) < 4.78 is 5.93. The molecule has 1 saturated heterocycles. The fraction of sp³-hybridized carbons (Fsp3) is 0.400. The lowest BCUT2D eigenvalue weighted by Gasteiger charge is -2.35. The van der Waals surface area contributed by atoms with E-state index in [0.29, 0.717) is 4.88 Å². The number of aldehydes is 1. The molecule has 2 aromatic heterocycles. The molecule has 5 nitrogen and oxygen atoms in total. The molecule has 21 heavy (non-hydrogen) atoms. The summed E-state index contributed by atoms with van der Waals surface area (Å²) in [6.07, 6.45) is 5.38. The van der Waals surface area contributed by atoms with E-state index in [-0.39, 0.29) is 12.0 Å². The minimum atomic E-state index is -0.290. The van der Waals surface area contributed by atoms with Crippen molar-refractivity contribution in [3.8, 4) is 0 Å². The van der Waals surface area contributed by atoms with Gasteiger partial charge in [-0.1, -0.05) is 0 Å². The monoisotopic (exact) mass is 304 g/mol. The molecule has 0 bridgehead atoms. The van der Waals surface area contributed by atoms with Crippen LogP contribution in [0, 0.1) is 0 Å². The second-order valence-electron chi connectivity index (χ2n) is 5.04. The molecule has 3 heterocycles. The Morgan fingerprint density at radius 1 is 1.52 bits per heavy atom. The van der Waals surface area contributed by atoms with Crippen LogP contribution in [-0.4, -0.2) is 36.9 Å². The average Bonchev–Trinajstić information content (AvgIpc) is 2.97. The molecule has 0 radical (unpaired) electrons. The molecule has 0 aliphatic carbocycles. The van der Waals surface area contributed by atoms with Crippen LogP contribution in [0.2, 0.25) is 0 Å². The average molecular weight is 304 g/mol. The highest BCUT2D eigenvalue weighted by atomic mass is 32.1. The molecule has 0 aromatic carbocycles. The Balaban J connectivity index is 2.06. The van der Waals surface area contributed by atoms with Crippen LogP contribution in [0.1, 0.15) is 28.9 Å². The second kappa shape index (κ2) is 5.81. The number of aromatic nitrogens is 1. The number of hydrogen-bond acceptors (Lipinski definition) is 6. The lowest BCUT2D eigenvalue weighted by molar-refractivity contribution is -0.142. The molecule has 0 saturated carbocycles. The van der Waals surface area contributed by atoms with Crippen LogP contribution in [0.3, 0.4) is 0 Å². The minimum Gasteiger partial charge on any atom is -0.467 e. The third kappa shape index (κ3) is 2.51. The number of rotatable bonds is 3. The molecule has 2 aromatic rings. The molecule has 0 N–H and O–H groups in total. The van der Waals surface area contributed by atoms with E-state index in [1.807, 2.05) is 17.0 Å². The van der Waals surface area contributed by atoms with E-state index < -0.39 is 0 Å². The van der Waals surface area contributed by atoms with Crippen molar-refractivity contribution in [3.63, 3.8) is 0 Å². The van der Waals surface area contributed by atoms with Crippen LogP contribution in [-0.2, 0) is 9.53 Å². The van der Waals surface area contributed by atoms with Crippen LogP contribution in [0.15, 0.2) is 18.3 Å². The normalized spacial score (nSPS) is 18.7. The molecule has 3 rings (SSSR count). The molecule has 1 unspecified atom stereocenters. The highest BCUT2D eigenvalue weighted by molar-refractivity contribution is 7.20. The predicted octanol–water partition coefficient (Wildman–Crippen LogP) is 2.64. The molecule has 1 aliphatic heterocycles. The van der Waals surface area contributed by atoms with Crippen molar-refractivity contribution in [1.29, 1.82) is 0 Å². The van der Waals surface area contributed by atoms with Gasteiger partial charge in [0, 0.05) is 22.8 Å². The van der Waals surface area contributed by atoms with Gasteiger partial charge in [-0.25, -0.2) is 9.78 Å². The lowest BCUT2D eigenvalue weighted by atomic mass is 10.0. The first kappa shape index (κ1) is 14.0. The largest absolute Gasteiger partial charge is 0.467 e. The molecular formula is C15H16N2O3S. The Kier molecular flexibility index (Phi) is 3.88. The number of piperidine rings is 1. The molecule has 110 valence electrons. The van der Waals surface area contributed by atoms with E-state index in [1.165, 1.54) is 18.4 Å². The third-order valence-corrected chi connectivity index (χ3v) is 4.83. The van der Waals surface area contributed by atoms with E-state index in [2.05, 4.69) is 4.98 Å². The van der Waals surface area contributed by atoms with Crippen molar-refractivity contribution in [1.82, 2.24) is 4.98 Å². The number of pyridine rings is 1. The summed E-state index contributed by atoms with van der Waals surface area (Å²) in [7, 11) is 1.41. The van der Waals surface area contributed by atoms with Crippen LogP contribution >= 0.6 is 11.3 Å². The van der Waals surface area contributed by atoms with Gasteiger partial charge in [-0.3, -0.25) is 4.79 Å². The molecule has 1 atom stereocenters. The van der Waals surface area contributed by atoms with Crippen molar-refractivity contribution >= 4 is 39.5 Å². The SMILES string of the molecule is COC(=O)C1CCCCN1c1nccc2sc(C=O)cc12. The Labute approximate surface area is 126 Å². The zero-order chi connectivity index (χ0) is 14.8. The zero-order valence-corrected chi connectivity index (χ0v) is 12.6. The van der Waals surface area contributed by atoms with Gasteiger partial charge in [0.2, 0.25) is 0 Å². The van der Waals surface area contributed by atoms with Crippen LogP contribution in [0.4, 0.5) is 5.82 Å². The number of carbonyl (C=O) groups is 2. The first-order valence-electron chi connectivity index (χ1n) is 6.93. The number of thiophene rings is 1. The Hall–Kier alpha value is -1.95. The summed E-state index contributed by atoms with van der Waals surface area (Å²) in [5.41, 5.74) is 0. The maximum atomic E-state index is 12.0. The molecule has 6 heteroatoms. The summed E-state index contributed by atoms with van der Waals surface area (Å²) in [5.74, 6) is 0.547. The number of anilines is 1. The summed E-state index contributed by atoms with van der Waals surface area (Å²) in [5, 5.41) is 0.931. The highest BCUT2D eigenvalue weighted by Crippen LogP contribution is 2.34. The van der Waals surface area contributed by atoms with Gasteiger partial charge in [-0.05, 0) is 31.4 Å². The predicted molar refractivity (Wildman–Crippen MR) is 82.0 cm³/mol. The first-order chi connectivity index (χ1) is 10.2. The lowest BCUT2D eigenvalue weighted by Crippen LogP contribution is -2.45. The Morgan fingerprint density at radius 2 is 2.38 bits per heavy atom. The summed E-state index contributed by atoms with van der Waals surface area (Å²) in [6.45, 7) is 0.776. The maximum absolute atomic E-state index is 12.0. The molecule has 0 spiro atoms. The molecule has 1 fully saturated rings. The van der Waals surface area contributed by atoms with Gasteiger partial charge in [0.25, 0.3) is 0 Å². The third-order valence-electron chi connectivity index (χ3n) is 3.81. The number of hydrogen-bond donors (Lipinski definition) is 0. The van der Waals surface area contributed by atoms with Crippen LogP contribution in [0.25, 0.3) is 10.1 Å². The second-order valence-corrected chi connectivity index (χ2v) is 6.16. The summed E-state index contributed by atoms with van der Waals surface area (Å²) >= 11 is 1.44. The molecule has 0 amide bonds. The first-order valence-corrected chi connectivity index (χ1v) is 7.74. The Bertz CT molecular complexity index is 683. The number of fused-ring (bicyclic) bond motifs is 1. The van der Waals surface area contributed by atoms with E-state index in [0.717, 1.165) is 48.0 Å². The zero-order valence-electron chi connectivity index (χ0n) is 11.7. The summed E-state index contributed by atoms with van der Waals surface area (Å²) in [6, 6.07) is 3.45. The van der Waals surface area contributed by atoms with E-state index in [4.69, 9.17) is 4.74 Å². The summed E-state index contributed by atoms with van der Waals surface area (Å²) in [4.78, 5) is 30.1. The molecular weight excluding hydrogens is 288 g/mol. The molecule has 1 aliphatic rings. The van der Waals surface area contributed by atoms with Gasteiger partial charge in [0.1, 0.15) is 11.9 Å². The maximum Gasteiger partial charge on any atom is 0.328 e. The quantitative estimate of drug-likeness (QED) is 0.644. The number of nitrogens with zero attached hydrogens (tertiary/aromatic N) is 2. The fourth-order valence-corrected chi connectivity index (χ4v) is 3.69. The van der Waals surface area contributed by atoms with Crippen molar-refractivity contribution in [2.45, 2.75) is 25.3 Å². The Morgan fingerprint density at radius 3 is 3.14 bits per heavy atom. The van der Waals surface area contributed by atoms with E-state index >= 15 is 0 Å².